The topological polar surface area (TPSA) is 290 Å². The summed E-state index contributed by atoms with van der Waals surface area (Å²) < 4.78 is 96.7. The van der Waals surface area contributed by atoms with Crippen LogP contribution in [0.25, 0.3) is 69.7 Å². The number of amides is 5. The molecule has 33 heteroatoms. The predicted octanol–water partition coefficient (Wildman–Crippen LogP) is 25.3. The summed E-state index contributed by atoms with van der Waals surface area (Å²) in [6.45, 7) is 56.8. The summed E-state index contributed by atoms with van der Waals surface area (Å²) in [5, 5.41) is 24.1. The van der Waals surface area contributed by atoms with Gasteiger partial charge in [-0.1, -0.05) is 121 Å². The molecule has 26 nitrogen and oxygen atoms in total. The van der Waals surface area contributed by atoms with Gasteiger partial charge in [0.25, 0.3) is 0 Å². The van der Waals surface area contributed by atoms with Crippen LogP contribution in [0.5, 0.6) is 11.5 Å². The lowest BCUT2D eigenvalue weighted by Crippen LogP contribution is -2.38. The van der Waals surface area contributed by atoms with Crippen molar-refractivity contribution in [3.8, 4) is 17.6 Å². The van der Waals surface area contributed by atoms with Crippen molar-refractivity contribution in [2.45, 2.75) is 295 Å². The van der Waals surface area contributed by atoms with E-state index in [0.717, 1.165) is 93.2 Å². The number of carbonyl (C=O) groups is 5. The van der Waals surface area contributed by atoms with Gasteiger partial charge in [-0.05, 0) is 218 Å². The number of carbonyl (C=O) groups excluding carboxylic acids is 5. The molecule has 128 heavy (non-hydrogen) atoms. The second-order valence-electron chi connectivity index (χ2n) is 41.2. The summed E-state index contributed by atoms with van der Waals surface area (Å²) in [6.07, 6.45) is 11.5. The molecule has 5 fully saturated rings. The van der Waals surface area contributed by atoms with Gasteiger partial charge in [0.05, 0.1) is 69.5 Å². The Balaban J connectivity index is 0.000000155. The van der Waals surface area contributed by atoms with Gasteiger partial charge in [-0.25, -0.2) is 43.8 Å². The minimum absolute atomic E-state index is 0.00270. The molecule has 0 atom stereocenters. The van der Waals surface area contributed by atoms with Gasteiger partial charge >= 0.3 is 13.0 Å². The van der Waals surface area contributed by atoms with Gasteiger partial charge in [-0.15, -0.1) is 13.2 Å². The number of aromatic nitrogens is 10. The lowest BCUT2D eigenvalue weighted by molar-refractivity contribution is -0.274. The third-order valence-corrected chi connectivity index (χ3v) is 23.5. The standard InChI is InChI=1S/C21H26N4O.C20H24F2N4O2.C18H21ClN4O.C18H22F3N3O2.C18H23FN4O/c1-20(2,14-6-7-14)13-18(26)24-19-23-16-9-8-15(22-4)12-17(16)25(19)21(3)10-5-11-21;1-19(2,3)11-15(27)24-18-25-16-13(26(18)20(4)7-6-8-20)9-12(23-5)10-14(16)28-17(21)22;1-18(2,3)9-15(24)21-17-22-16-13(19)7-11(10-20)8-14(16)23(17)12-5-4-6-12;1-17(2,3)10-14(25)23-16-22-12-8-5-9-13(26-18(19,20)21)15(12)24(16)11-6-4-7-11;1-17(2,3)10-14(24)21-16-22-15-12(19)8-11(20-7)9-13(15)23(16)18(4,5)6/h8-9,12,14H,5-7,10-11,13H2,1-3H3,(H,23,24,26);9-10,17H,6-8,11H2,1-4H3,(H,24,25,27);7-8,12H,4-6,9H2,1-3H3,(H,21,22,24);5,8-9,11H,4,6-7,10H2,1-3H3,(H,22,23,25);8-9H,10H2,1-6H3,(H,21,22,24). The van der Waals surface area contributed by atoms with Crippen LogP contribution in [0.4, 0.5) is 73.1 Å². The van der Waals surface area contributed by atoms with Crippen LogP contribution in [0.1, 0.15) is 271 Å². The molecular weight excluding hydrogens is 1670 g/mol. The Labute approximate surface area is 747 Å². The monoisotopic (exact) mass is 1780 g/mol. The van der Waals surface area contributed by atoms with E-state index >= 15 is 0 Å². The Bertz CT molecular complexity index is 6050. The van der Waals surface area contributed by atoms with E-state index in [2.05, 4.69) is 102 Å². The van der Waals surface area contributed by atoms with Gasteiger partial charge in [-0.2, -0.15) is 14.0 Å². The molecule has 0 radical (unpaired) electrons. The third-order valence-electron chi connectivity index (χ3n) is 23.2. The Kier molecular flexibility index (Phi) is 28.4. The fourth-order valence-corrected chi connectivity index (χ4v) is 16.7. The average Bonchev–Trinajstić information content (AvgIpc) is 1.48. The molecule has 0 bridgehead atoms. The van der Waals surface area contributed by atoms with Crippen LogP contribution < -0.4 is 36.1 Å². The molecule has 682 valence electrons. The number of para-hydroxylation sites is 1. The van der Waals surface area contributed by atoms with Crippen molar-refractivity contribution in [1.29, 1.82) is 5.26 Å². The number of hydrogen-bond donors (Lipinski definition) is 5. The van der Waals surface area contributed by atoms with Crippen molar-refractivity contribution < 1.29 is 59.8 Å². The van der Waals surface area contributed by atoms with Crippen LogP contribution in [0, 0.1) is 69.9 Å². The number of anilines is 5. The zero-order chi connectivity index (χ0) is 94.1. The van der Waals surface area contributed by atoms with E-state index in [1.54, 1.807) is 45.5 Å². The molecule has 0 aliphatic heterocycles. The maximum Gasteiger partial charge on any atom is 0.573 e. The molecule has 10 aromatic rings. The number of nitriles is 1. The molecular formula is C95H116ClF6N19O7. The highest BCUT2D eigenvalue weighted by Gasteiger charge is 2.43. The molecule has 5 saturated carbocycles. The van der Waals surface area contributed by atoms with Crippen molar-refractivity contribution in [1.82, 2.24) is 47.8 Å². The van der Waals surface area contributed by atoms with E-state index < -0.39 is 24.3 Å². The number of nitrogens with zero attached hydrogens (tertiary/aromatic N) is 14. The van der Waals surface area contributed by atoms with Gasteiger partial charge in [0, 0.05) is 60.8 Å². The Morgan fingerprint density at radius 1 is 0.508 bits per heavy atom. The van der Waals surface area contributed by atoms with Gasteiger partial charge in [-0.3, -0.25) is 50.6 Å². The van der Waals surface area contributed by atoms with E-state index in [1.807, 2.05) is 132 Å². The first-order valence-corrected chi connectivity index (χ1v) is 43.7. The van der Waals surface area contributed by atoms with Crippen LogP contribution in [0.3, 0.4) is 0 Å². The third kappa shape index (κ3) is 23.8. The van der Waals surface area contributed by atoms with E-state index in [9.17, 15) is 55.6 Å². The molecule has 5 aromatic heterocycles. The number of hydrogen-bond acceptors (Lipinski definition) is 13. The zero-order valence-electron chi connectivity index (χ0n) is 76.4. The maximum absolute atomic E-state index is 14.3. The van der Waals surface area contributed by atoms with Crippen LogP contribution in [0.15, 0.2) is 72.8 Å². The summed E-state index contributed by atoms with van der Waals surface area (Å²) >= 11 is 6.30. The van der Waals surface area contributed by atoms with Crippen LogP contribution in [-0.2, 0) is 40.6 Å². The summed E-state index contributed by atoms with van der Waals surface area (Å²) in [6, 6.07) is 21.4. The second-order valence-corrected chi connectivity index (χ2v) is 41.6. The highest BCUT2D eigenvalue weighted by molar-refractivity contribution is 6.35. The van der Waals surface area contributed by atoms with Gasteiger partial charge in [0.2, 0.25) is 59.3 Å². The molecule has 15 rings (SSSR count). The smallest absolute Gasteiger partial charge is 0.434 e. The zero-order valence-corrected chi connectivity index (χ0v) is 77.2. The van der Waals surface area contributed by atoms with E-state index in [-0.39, 0.29) is 126 Å². The summed E-state index contributed by atoms with van der Waals surface area (Å²) in [5.74, 6) is 1.05. The number of rotatable bonds is 19. The minimum Gasteiger partial charge on any atom is -0.434 e. The first-order chi connectivity index (χ1) is 59.6. The molecule has 5 aliphatic rings. The average molecular weight is 1790 g/mol. The summed E-state index contributed by atoms with van der Waals surface area (Å²) in [7, 11) is 0. The van der Waals surface area contributed by atoms with Crippen molar-refractivity contribution >= 4 is 143 Å². The molecule has 5 aromatic carbocycles. The highest BCUT2D eigenvalue weighted by Crippen LogP contribution is 2.51. The molecule has 0 spiro atoms. The highest BCUT2D eigenvalue weighted by atomic mass is 35.5. The van der Waals surface area contributed by atoms with Crippen molar-refractivity contribution in [2.24, 2.45) is 33.0 Å². The first-order valence-electron chi connectivity index (χ1n) is 43.4. The maximum atomic E-state index is 14.3. The van der Waals surface area contributed by atoms with Crippen molar-refractivity contribution in [2.75, 3.05) is 26.6 Å². The van der Waals surface area contributed by atoms with Gasteiger partial charge < -0.3 is 32.3 Å². The summed E-state index contributed by atoms with van der Waals surface area (Å²) in [5.41, 5.74) is 5.32. The minimum atomic E-state index is -4.79. The van der Waals surface area contributed by atoms with E-state index in [0.29, 0.717) is 99.8 Å². The predicted molar refractivity (Wildman–Crippen MR) is 487 cm³/mol. The number of nitrogens with one attached hydrogen (secondary N) is 5. The van der Waals surface area contributed by atoms with Crippen LogP contribution >= 0.6 is 11.6 Å². The molecule has 5 heterocycles. The van der Waals surface area contributed by atoms with Gasteiger partial charge in [0.15, 0.2) is 22.8 Å². The number of ether oxygens (including phenoxy) is 2. The number of halogens is 7. The largest absolute Gasteiger partial charge is 0.573 e. The normalized spacial score (nSPS) is 15.7. The SMILES string of the molecule is CC(C)(C)CC(=O)Nc1nc2c(Cl)cc(C#N)cc2n1C1CCC1.CC(C)(C)CC(=O)Nc1nc2cccc(OC(F)(F)F)c2n1C1CCC1.[C-]#[N+]c1cc(F)c2nc(NC(=O)CC(C)(C)C)n(C(C)(C)C)c2c1.[C-]#[N+]c1cc(OC(F)F)c2nc(NC(=O)CC(C)(C)C)n(C3(C)CCC3)c2c1.[C-]#[N+]c1ccc2nc(NC(=O)CC(C)(C)C3CC3)n(C3(C)CCC3)c2c1. The summed E-state index contributed by atoms with van der Waals surface area (Å²) in [4.78, 5) is 94.7. The number of fused-ring (bicyclic) bond motifs is 5. The van der Waals surface area contributed by atoms with Gasteiger partial charge in [0.1, 0.15) is 33.6 Å². The Morgan fingerprint density at radius 2 is 0.953 bits per heavy atom. The number of imidazole rings is 5. The first kappa shape index (κ1) is 96.9. The molecule has 5 N–H and O–H groups in total. The lowest BCUT2D eigenvalue weighted by atomic mass is 9.78. The molecule has 0 unspecified atom stereocenters. The fraction of sp³-hybridized carbons (Fsp3) is 0.537. The van der Waals surface area contributed by atoms with Crippen molar-refractivity contribution in [3.05, 3.63) is 123 Å². The lowest BCUT2D eigenvalue weighted by Gasteiger charge is -2.41. The number of benzene rings is 5. The Morgan fingerprint density at radius 3 is 1.41 bits per heavy atom. The quantitative estimate of drug-likeness (QED) is 0.0372. The number of alkyl halides is 5. The fourth-order valence-electron chi connectivity index (χ4n) is 16.5. The van der Waals surface area contributed by atoms with E-state index in [4.69, 9.17) is 36.3 Å². The van der Waals surface area contributed by atoms with E-state index in [1.165, 1.54) is 37.5 Å². The van der Waals surface area contributed by atoms with Crippen LogP contribution in [0.2, 0.25) is 5.02 Å². The molecule has 5 aliphatic carbocycles. The van der Waals surface area contributed by atoms with Crippen molar-refractivity contribution in [3.63, 3.8) is 0 Å². The second kappa shape index (κ2) is 37.5. The molecule has 5 amide bonds. The van der Waals surface area contributed by atoms with Crippen LogP contribution in [-0.4, -0.2) is 90.3 Å². The Hall–Kier alpha value is -11.8. The molecule has 0 saturated heterocycles.